The normalized spacial score (nSPS) is 22.1. The summed E-state index contributed by atoms with van der Waals surface area (Å²) < 4.78 is 12.6. The van der Waals surface area contributed by atoms with Gasteiger partial charge < -0.3 is 10.0 Å². The molecule has 2 heterocycles. The summed E-state index contributed by atoms with van der Waals surface area (Å²) in [5, 5.41) is 10.1. The molecule has 0 radical (unpaired) electrons. The second-order valence-corrected chi connectivity index (χ2v) is 4.91. The average Bonchev–Trinajstić information content (AvgIpc) is 3.09. The molecule has 2 aliphatic rings. The van der Waals surface area contributed by atoms with Crippen LogP contribution in [0.5, 0.6) is 0 Å². The molecule has 1 aromatic heterocycles. The molecule has 4 nitrogen and oxygen atoms in total. The molecule has 1 aromatic rings. The number of hydrogen-bond donors (Lipinski definition) is 1. The predicted octanol–water partition coefficient (Wildman–Crippen LogP) is 0.818. The zero-order valence-electron chi connectivity index (χ0n) is 9.27. The highest BCUT2D eigenvalue weighted by molar-refractivity contribution is 5.94. The first-order valence-corrected chi connectivity index (χ1v) is 5.72. The molecule has 1 N–H and O–H groups in total. The number of amides is 1. The minimum atomic E-state index is -0.677. The van der Waals surface area contributed by atoms with Crippen molar-refractivity contribution in [3.63, 3.8) is 0 Å². The standard InChI is InChI=1S/C12H13FN2O2/c13-10-4-1-8(5-14-10)11(16)15-6-12(17,7-15)9-2-3-9/h1,4-5,9,17H,2-3,6-7H2. The third-order valence-corrected chi connectivity index (χ3v) is 3.53. The Morgan fingerprint density at radius 3 is 2.71 bits per heavy atom. The van der Waals surface area contributed by atoms with E-state index in [9.17, 15) is 14.3 Å². The molecule has 1 saturated heterocycles. The van der Waals surface area contributed by atoms with Crippen molar-refractivity contribution in [1.29, 1.82) is 0 Å². The number of hydrogen-bond acceptors (Lipinski definition) is 3. The first-order chi connectivity index (χ1) is 8.08. The third-order valence-electron chi connectivity index (χ3n) is 3.53. The zero-order valence-corrected chi connectivity index (χ0v) is 9.27. The number of β-amino-alcohol motifs (C(OH)–C–C–N with tert-alkyl or cyclic N) is 1. The molecule has 0 aromatic carbocycles. The number of carbonyl (C=O) groups excluding carboxylic acids is 1. The number of rotatable bonds is 2. The van der Waals surface area contributed by atoms with Gasteiger partial charge in [0.25, 0.3) is 5.91 Å². The second kappa shape index (κ2) is 3.50. The maximum Gasteiger partial charge on any atom is 0.255 e. The van der Waals surface area contributed by atoms with Gasteiger partial charge in [-0.1, -0.05) is 0 Å². The van der Waals surface area contributed by atoms with E-state index in [-0.39, 0.29) is 5.91 Å². The van der Waals surface area contributed by atoms with E-state index in [4.69, 9.17) is 0 Å². The van der Waals surface area contributed by atoms with E-state index in [1.165, 1.54) is 18.3 Å². The summed E-state index contributed by atoms with van der Waals surface area (Å²) >= 11 is 0. The van der Waals surface area contributed by atoms with Gasteiger partial charge in [0.15, 0.2) is 0 Å². The molecule has 1 saturated carbocycles. The van der Waals surface area contributed by atoms with Gasteiger partial charge in [-0.3, -0.25) is 4.79 Å². The molecule has 1 amide bonds. The zero-order chi connectivity index (χ0) is 12.0. The van der Waals surface area contributed by atoms with Crippen LogP contribution in [0.4, 0.5) is 4.39 Å². The minimum Gasteiger partial charge on any atom is -0.386 e. The maximum absolute atomic E-state index is 12.6. The Kier molecular flexibility index (Phi) is 2.19. The molecule has 0 unspecified atom stereocenters. The van der Waals surface area contributed by atoms with Crippen molar-refractivity contribution < 1.29 is 14.3 Å². The van der Waals surface area contributed by atoms with Crippen LogP contribution in [0.3, 0.4) is 0 Å². The molecule has 2 fully saturated rings. The highest BCUT2D eigenvalue weighted by atomic mass is 19.1. The van der Waals surface area contributed by atoms with E-state index in [0.717, 1.165) is 12.8 Å². The number of pyridine rings is 1. The van der Waals surface area contributed by atoms with Crippen LogP contribution in [0.15, 0.2) is 18.3 Å². The first-order valence-electron chi connectivity index (χ1n) is 5.72. The van der Waals surface area contributed by atoms with Crippen molar-refractivity contribution in [2.24, 2.45) is 5.92 Å². The van der Waals surface area contributed by atoms with Crippen LogP contribution in [0, 0.1) is 11.9 Å². The molecule has 1 aliphatic heterocycles. The Morgan fingerprint density at radius 1 is 1.47 bits per heavy atom. The van der Waals surface area contributed by atoms with E-state index < -0.39 is 11.5 Å². The van der Waals surface area contributed by atoms with Gasteiger partial charge >= 0.3 is 0 Å². The van der Waals surface area contributed by atoms with Crippen molar-refractivity contribution in [1.82, 2.24) is 9.88 Å². The lowest BCUT2D eigenvalue weighted by atomic mass is 9.88. The molecule has 90 valence electrons. The van der Waals surface area contributed by atoms with E-state index in [1.807, 2.05) is 0 Å². The fourth-order valence-electron chi connectivity index (χ4n) is 2.32. The van der Waals surface area contributed by atoms with Crippen molar-refractivity contribution in [3.05, 3.63) is 29.8 Å². The van der Waals surface area contributed by atoms with Crippen molar-refractivity contribution in [2.45, 2.75) is 18.4 Å². The lowest BCUT2D eigenvalue weighted by Gasteiger charge is -2.46. The average molecular weight is 236 g/mol. The molecule has 3 rings (SSSR count). The fraction of sp³-hybridized carbons (Fsp3) is 0.500. The van der Waals surface area contributed by atoms with Crippen LogP contribution >= 0.6 is 0 Å². The van der Waals surface area contributed by atoms with Crippen LogP contribution in [-0.4, -0.2) is 39.6 Å². The number of aliphatic hydroxyl groups is 1. The Labute approximate surface area is 98.1 Å². The predicted molar refractivity (Wildman–Crippen MR) is 57.8 cm³/mol. The van der Waals surface area contributed by atoms with Crippen LogP contribution in [-0.2, 0) is 0 Å². The SMILES string of the molecule is O=C(c1ccc(F)nc1)N1CC(O)(C2CC2)C1. The molecule has 1 aliphatic carbocycles. The van der Waals surface area contributed by atoms with Gasteiger partial charge in [0.1, 0.15) is 5.60 Å². The summed E-state index contributed by atoms with van der Waals surface area (Å²) in [4.78, 5) is 16.9. The van der Waals surface area contributed by atoms with E-state index in [1.54, 1.807) is 4.90 Å². The molecule has 5 heteroatoms. The number of likely N-dealkylation sites (tertiary alicyclic amines) is 1. The van der Waals surface area contributed by atoms with Crippen molar-refractivity contribution in [3.8, 4) is 0 Å². The lowest BCUT2D eigenvalue weighted by Crippen LogP contribution is -2.64. The van der Waals surface area contributed by atoms with Gasteiger partial charge in [0.2, 0.25) is 5.95 Å². The minimum absolute atomic E-state index is 0.192. The summed E-state index contributed by atoms with van der Waals surface area (Å²) in [7, 11) is 0. The van der Waals surface area contributed by atoms with Gasteiger partial charge in [-0.15, -0.1) is 0 Å². The Hall–Kier alpha value is -1.49. The molecular formula is C12H13FN2O2. The van der Waals surface area contributed by atoms with Crippen molar-refractivity contribution in [2.75, 3.05) is 13.1 Å². The fourth-order valence-corrected chi connectivity index (χ4v) is 2.32. The van der Waals surface area contributed by atoms with Crippen LogP contribution < -0.4 is 0 Å². The Bertz CT molecular complexity index is 450. The van der Waals surface area contributed by atoms with Crippen LogP contribution in [0.1, 0.15) is 23.2 Å². The summed E-state index contributed by atoms with van der Waals surface area (Å²) in [6.45, 7) is 0.766. The van der Waals surface area contributed by atoms with Gasteiger partial charge in [-0.05, 0) is 30.9 Å². The van der Waals surface area contributed by atoms with Crippen molar-refractivity contribution >= 4 is 5.91 Å². The van der Waals surface area contributed by atoms with Gasteiger partial charge in [0, 0.05) is 6.20 Å². The smallest absolute Gasteiger partial charge is 0.255 e. The number of nitrogens with zero attached hydrogens (tertiary/aromatic N) is 2. The van der Waals surface area contributed by atoms with E-state index in [0.29, 0.717) is 24.6 Å². The van der Waals surface area contributed by atoms with E-state index in [2.05, 4.69) is 4.98 Å². The second-order valence-electron chi connectivity index (χ2n) is 4.91. The Morgan fingerprint density at radius 2 is 2.18 bits per heavy atom. The molecule has 0 bridgehead atoms. The maximum atomic E-state index is 12.6. The molecule has 0 spiro atoms. The summed E-state index contributed by atoms with van der Waals surface area (Å²) in [5.41, 5.74) is -0.312. The molecule has 0 atom stereocenters. The molecule has 17 heavy (non-hydrogen) atoms. The summed E-state index contributed by atoms with van der Waals surface area (Å²) in [5.74, 6) is -0.430. The summed E-state index contributed by atoms with van der Waals surface area (Å²) in [6, 6.07) is 2.58. The first kappa shape index (κ1) is 10.7. The quantitative estimate of drug-likeness (QED) is 0.773. The Balaban J connectivity index is 1.66. The monoisotopic (exact) mass is 236 g/mol. The van der Waals surface area contributed by atoms with Crippen LogP contribution in [0.25, 0.3) is 0 Å². The molecular weight excluding hydrogens is 223 g/mol. The third kappa shape index (κ3) is 1.80. The highest BCUT2D eigenvalue weighted by Gasteiger charge is 2.53. The topological polar surface area (TPSA) is 53.4 Å². The summed E-state index contributed by atoms with van der Waals surface area (Å²) in [6.07, 6.45) is 3.33. The van der Waals surface area contributed by atoms with Gasteiger partial charge in [-0.2, -0.15) is 4.39 Å². The van der Waals surface area contributed by atoms with Gasteiger partial charge in [-0.25, -0.2) is 4.98 Å². The van der Waals surface area contributed by atoms with Gasteiger partial charge in [0.05, 0.1) is 18.7 Å². The lowest BCUT2D eigenvalue weighted by molar-refractivity contribution is -0.0958. The van der Waals surface area contributed by atoms with Crippen LogP contribution in [0.2, 0.25) is 0 Å². The number of halogens is 1. The number of aromatic nitrogens is 1. The number of carbonyl (C=O) groups is 1. The van der Waals surface area contributed by atoms with E-state index >= 15 is 0 Å². The highest BCUT2D eigenvalue weighted by Crippen LogP contribution is 2.44. The largest absolute Gasteiger partial charge is 0.386 e.